The Bertz CT molecular complexity index is 1320. The van der Waals surface area contributed by atoms with Gasteiger partial charge in [0, 0.05) is 55.5 Å². The highest BCUT2D eigenvalue weighted by molar-refractivity contribution is 5.73. The number of aromatic nitrogens is 6. The standard InChI is InChI=1S/C19H22F2N8O2.C2HF3O2/c1-12-5-13(15-8-25-18(26-9-15)23-3-4-31-2)7-24-17(12)28-11-27-29(19(28)30)10-14(6-22)16(20)21;3-2(4,5)1(6)7/h5,7-9,11H,3-4,6,10,22H2,1-2H3,(H,23,25,26);(H,6,7). The Morgan fingerprint density at radius 1 is 1.16 bits per heavy atom. The Morgan fingerprint density at radius 3 is 2.26 bits per heavy atom. The van der Waals surface area contributed by atoms with Crippen LogP contribution in [0, 0.1) is 6.92 Å². The summed E-state index contributed by atoms with van der Waals surface area (Å²) < 4.78 is 64.5. The molecule has 0 spiro atoms. The topological polar surface area (TPSA) is 163 Å². The van der Waals surface area contributed by atoms with Gasteiger partial charge in [0.25, 0.3) is 6.08 Å². The first-order valence-electron chi connectivity index (χ1n) is 10.6. The number of carboxylic acids is 1. The molecule has 0 fully saturated rings. The van der Waals surface area contributed by atoms with Crippen LogP contribution in [0.1, 0.15) is 5.56 Å². The number of alkyl halides is 3. The van der Waals surface area contributed by atoms with Crippen LogP contribution in [-0.2, 0) is 16.1 Å². The van der Waals surface area contributed by atoms with Gasteiger partial charge in [-0.15, -0.1) is 0 Å². The monoisotopic (exact) mass is 546 g/mol. The number of rotatable bonds is 9. The molecule has 17 heteroatoms. The molecule has 0 saturated heterocycles. The van der Waals surface area contributed by atoms with Crippen LogP contribution in [0.15, 0.2) is 47.4 Å². The molecule has 0 radical (unpaired) electrons. The van der Waals surface area contributed by atoms with Crippen molar-refractivity contribution in [2.24, 2.45) is 5.73 Å². The number of nitrogens with zero attached hydrogens (tertiary/aromatic N) is 6. The molecule has 0 aromatic carbocycles. The summed E-state index contributed by atoms with van der Waals surface area (Å²) in [6.45, 7) is 2.16. The average Bonchev–Trinajstić information content (AvgIpc) is 3.22. The molecule has 0 unspecified atom stereocenters. The van der Waals surface area contributed by atoms with Gasteiger partial charge in [-0.25, -0.2) is 33.8 Å². The minimum atomic E-state index is -5.08. The van der Waals surface area contributed by atoms with Gasteiger partial charge in [-0.2, -0.15) is 27.1 Å². The highest BCUT2D eigenvalue weighted by Crippen LogP contribution is 2.21. The molecule has 0 amide bonds. The van der Waals surface area contributed by atoms with Gasteiger partial charge in [0.15, 0.2) is 0 Å². The lowest BCUT2D eigenvalue weighted by atomic mass is 10.1. The van der Waals surface area contributed by atoms with Gasteiger partial charge in [0.1, 0.15) is 12.1 Å². The first-order valence-corrected chi connectivity index (χ1v) is 10.6. The molecule has 3 rings (SSSR count). The molecule has 3 aromatic heterocycles. The Hall–Kier alpha value is -4.25. The molecule has 206 valence electrons. The number of hydrogen-bond acceptors (Lipinski definition) is 9. The van der Waals surface area contributed by atoms with Crippen LogP contribution >= 0.6 is 0 Å². The Morgan fingerprint density at radius 2 is 1.76 bits per heavy atom. The Balaban J connectivity index is 0.000000638. The van der Waals surface area contributed by atoms with Crippen LogP contribution in [0.5, 0.6) is 0 Å². The number of pyridine rings is 1. The predicted molar refractivity (Wildman–Crippen MR) is 124 cm³/mol. The largest absolute Gasteiger partial charge is 0.490 e. The summed E-state index contributed by atoms with van der Waals surface area (Å²) >= 11 is 0. The van der Waals surface area contributed by atoms with Gasteiger partial charge in [0.05, 0.1) is 13.2 Å². The van der Waals surface area contributed by atoms with Gasteiger partial charge in [-0.05, 0) is 18.6 Å². The number of nitrogens with two attached hydrogens (primary N) is 1. The normalized spacial score (nSPS) is 10.9. The third-order valence-electron chi connectivity index (χ3n) is 4.68. The van der Waals surface area contributed by atoms with Crippen molar-refractivity contribution in [1.82, 2.24) is 29.3 Å². The van der Waals surface area contributed by atoms with Crippen LogP contribution in [0.25, 0.3) is 16.9 Å². The van der Waals surface area contributed by atoms with Crippen molar-refractivity contribution in [2.75, 3.05) is 32.1 Å². The maximum absolute atomic E-state index is 12.8. The van der Waals surface area contributed by atoms with E-state index in [9.17, 15) is 26.7 Å². The van der Waals surface area contributed by atoms with E-state index in [2.05, 4.69) is 25.4 Å². The van der Waals surface area contributed by atoms with E-state index in [0.29, 0.717) is 30.5 Å². The van der Waals surface area contributed by atoms with E-state index in [4.69, 9.17) is 20.4 Å². The number of hydrogen-bond donors (Lipinski definition) is 3. The highest BCUT2D eigenvalue weighted by atomic mass is 19.4. The van der Waals surface area contributed by atoms with E-state index in [0.717, 1.165) is 15.8 Å². The third-order valence-corrected chi connectivity index (χ3v) is 4.68. The van der Waals surface area contributed by atoms with E-state index >= 15 is 0 Å². The molecule has 0 aliphatic carbocycles. The van der Waals surface area contributed by atoms with Crippen molar-refractivity contribution < 1.29 is 36.6 Å². The molecule has 0 aliphatic heterocycles. The number of carbonyl (C=O) groups is 1. The first kappa shape index (κ1) is 30.0. The number of anilines is 1. The van der Waals surface area contributed by atoms with Crippen LogP contribution in [0.3, 0.4) is 0 Å². The molecule has 0 saturated carbocycles. The minimum Gasteiger partial charge on any atom is -0.475 e. The number of ether oxygens (including phenoxy) is 1. The Kier molecular flexibility index (Phi) is 10.5. The van der Waals surface area contributed by atoms with Crippen molar-refractivity contribution >= 4 is 11.9 Å². The predicted octanol–water partition coefficient (Wildman–Crippen LogP) is 2.00. The van der Waals surface area contributed by atoms with Gasteiger partial charge in [-0.3, -0.25) is 0 Å². The second-order valence-electron chi connectivity index (χ2n) is 7.39. The van der Waals surface area contributed by atoms with E-state index in [-0.39, 0.29) is 18.7 Å². The summed E-state index contributed by atoms with van der Waals surface area (Å²) in [6.07, 6.45) is -0.853. The van der Waals surface area contributed by atoms with Crippen LogP contribution < -0.4 is 16.7 Å². The lowest BCUT2D eigenvalue weighted by Gasteiger charge is -2.08. The van der Waals surface area contributed by atoms with Gasteiger partial charge < -0.3 is 20.9 Å². The lowest BCUT2D eigenvalue weighted by molar-refractivity contribution is -0.192. The molecule has 4 N–H and O–H groups in total. The van der Waals surface area contributed by atoms with Crippen LogP contribution in [0.4, 0.5) is 27.9 Å². The third kappa shape index (κ3) is 8.13. The summed E-state index contributed by atoms with van der Waals surface area (Å²) in [6, 6.07) is 1.83. The first-order chi connectivity index (χ1) is 17.9. The fourth-order valence-corrected chi connectivity index (χ4v) is 2.78. The van der Waals surface area contributed by atoms with Crippen molar-refractivity contribution in [2.45, 2.75) is 19.6 Å². The summed E-state index contributed by atoms with van der Waals surface area (Å²) in [4.78, 5) is 34.3. The van der Waals surface area contributed by atoms with Crippen LogP contribution in [0.2, 0.25) is 0 Å². The molecule has 0 atom stereocenters. The minimum absolute atomic E-state index is 0.345. The fourth-order valence-electron chi connectivity index (χ4n) is 2.78. The summed E-state index contributed by atoms with van der Waals surface area (Å²) in [5.74, 6) is -1.93. The maximum atomic E-state index is 12.8. The summed E-state index contributed by atoms with van der Waals surface area (Å²) in [5, 5.41) is 14.0. The van der Waals surface area contributed by atoms with Crippen molar-refractivity contribution in [3.63, 3.8) is 0 Å². The molecular weight excluding hydrogens is 523 g/mol. The van der Waals surface area contributed by atoms with Crippen molar-refractivity contribution in [3.8, 4) is 16.9 Å². The van der Waals surface area contributed by atoms with E-state index in [1.54, 1.807) is 32.6 Å². The second kappa shape index (κ2) is 13.3. The summed E-state index contributed by atoms with van der Waals surface area (Å²) in [5.41, 5.74) is 6.56. The molecule has 3 heterocycles. The highest BCUT2D eigenvalue weighted by Gasteiger charge is 2.38. The van der Waals surface area contributed by atoms with Crippen molar-refractivity contribution in [3.05, 3.63) is 58.7 Å². The maximum Gasteiger partial charge on any atom is 0.490 e. The Labute approximate surface area is 211 Å². The molecule has 38 heavy (non-hydrogen) atoms. The van der Waals surface area contributed by atoms with Crippen molar-refractivity contribution in [1.29, 1.82) is 0 Å². The molecule has 0 aliphatic rings. The van der Waals surface area contributed by atoms with E-state index < -0.39 is 23.9 Å². The smallest absolute Gasteiger partial charge is 0.475 e. The molecule has 12 nitrogen and oxygen atoms in total. The van der Waals surface area contributed by atoms with E-state index in [1.165, 1.54) is 10.9 Å². The number of nitrogens with one attached hydrogen (secondary N) is 1. The zero-order valence-corrected chi connectivity index (χ0v) is 20.0. The number of methoxy groups -OCH3 is 1. The number of aryl methyl sites for hydroxylation is 1. The molecule has 3 aromatic rings. The summed E-state index contributed by atoms with van der Waals surface area (Å²) in [7, 11) is 1.61. The molecule has 0 bridgehead atoms. The number of aliphatic carboxylic acids is 1. The van der Waals surface area contributed by atoms with E-state index in [1.807, 2.05) is 6.07 Å². The lowest BCUT2D eigenvalue weighted by Crippen LogP contribution is -2.27. The number of halogens is 5. The zero-order chi connectivity index (χ0) is 28.5. The average molecular weight is 546 g/mol. The quantitative estimate of drug-likeness (QED) is 0.267. The van der Waals surface area contributed by atoms with Crippen LogP contribution in [-0.4, -0.2) is 73.4 Å². The SMILES string of the molecule is COCCNc1ncc(-c2cnc(-n3cnn(CC(CN)=C(F)F)c3=O)c(C)c2)cn1.O=C(O)C(F)(F)F. The fraction of sp³-hybridized carbons (Fsp3) is 0.333. The number of carboxylic acid groups (broad SMARTS) is 1. The zero-order valence-electron chi connectivity index (χ0n) is 20.0. The van der Waals surface area contributed by atoms with Gasteiger partial charge in [-0.1, -0.05) is 0 Å². The van der Waals surface area contributed by atoms with Gasteiger partial charge in [0.2, 0.25) is 5.95 Å². The van der Waals surface area contributed by atoms with Gasteiger partial charge >= 0.3 is 17.8 Å². The second-order valence-corrected chi connectivity index (χ2v) is 7.39. The molecular formula is C21H23F5N8O4.